The molecular weight excluding hydrogens is 419 g/mol. The van der Waals surface area contributed by atoms with Crippen LogP contribution < -0.4 is 0 Å². The van der Waals surface area contributed by atoms with Gasteiger partial charge in [-0.05, 0) is 43.5 Å². The molecule has 0 spiro atoms. The maximum absolute atomic E-state index is 13.2. The minimum absolute atomic E-state index is 0.0168. The highest BCUT2D eigenvalue weighted by atomic mass is 32.2. The molecule has 7 nitrogen and oxygen atoms in total. The van der Waals surface area contributed by atoms with Crippen molar-refractivity contribution in [3.63, 3.8) is 0 Å². The molecule has 2 saturated heterocycles. The van der Waals surface area contributed by atoms with E-state index in [2.05, 4.69) is 6.58 Å². The highest BCUT2D eigenvalue weighted by Gasteiger charge is 2.39. The zero-order valence-electron chi connectivity index (χ0n) is 16.0. The molecular formula is C19H25FN2O5S2. The van der Waals surface area contributed by atoms with E-state index >= 15 is 0 Å². The number of sulfone groups is 1. The molecule has 1 aromatic carbocycles. The van der Waals surface area contributed by atoms with Gasteiger partial charge in [0.1, 0.15) is 5.82 Å². The van der Waals surface area contributed by atoms with Crippen LogP contribution in [0.25, 0.3) is 0 Å². The second-order valence-corrected chi connectivity index (χ2v) is 11.7. The van der Waals surface area contributed by atoms with E-state index < -0.39 is 37.6 Å². The minimum Gasteiger partial charge on any atom is -0.335 e. The summed E-state index contributed by atoms with van der Waals surface area (Å²) < 4.78 is 63.8. The molecule has 0 N–H and O–H groups in total. The second kappa shape index (κ2) is 8.53. The van der Waals surface area contributed by atoms with Gasteiger partial charge in [-0.1, -0.05) is 6.08 Å². The predicted molar refractivity (Wildman–Crippen MR) is 107 cm³/mol. The van der Waals surface area contributed by atoms with Gasteiger partial charge in [0.25, 0.3) is 0 Å². The molecule has 2 atom stereocenters. The number of nitrogens with zero attached hydrogens (tertiary/aromatic N) is 2. The number of amides is 1. The molecule has 0 bridgehead atoms. The third-order valence-corrected chi connectivity index (χ3v) is 9.07. The molecule has 0 radical (unpaired) electrons. The van der Waals surface area contributed by atoms with Crippen LogP contribution in [0.3, 0.4) is 0 Å². The Morgan fingerprint density at radius 3 is 2.55 bits per heavy atom. The van der Waals surface area contributed by atoms with E-state index in [4.69, 9.17) is 0 Å². The number of piperidine rings is 1. The first-order chi connectivity index (χ1) is 13.6. The first-order valence-electron chi connectivity index (χ1n) is 9.51. The van der Waals surface area contributed by atoms with Gasteiger partial charge in [0.15, 0.2) is 9.84 Å². The lowest BCUT2D eigenvalue weighted by Crippen LogP contribution is -2.50. The van der Waals surface area contributed by atoms with Crippen molar-refractivity contribution in [2.45, 2.75) is 30.2 Å². The van der Waals surface area contributed by atoms with Crippen molar-refractivity contribution in [2.24, 2.45) is 5.92 Å². The summed E-state index contributed by atoms with van der Waals surface area (Å²) in [5.41, 5.74) is 0. The molecule has 0 saturated carbocycles. The predicted octanol–water partition coefficient (Wildman–Crippen LogP) is 1.43. The molecule has 0 unspecified atom stereocenters. The maximum Gasteiger partial charge on any atom is 0.243 e. The average molecular weight is 445 g/mol. The van der Waals surface area contributed by atoms with Gasteiger partial charge >= 0.3 is 0 Å². The van der Waals surface area contributed by atoms with E-state index in [-0.39, 0.29) is 41.9 Å². The number of hydrogen-bond acceptors (Lipinski definition) is 5. The van der Waals surface area contributed by atoms with Crippen molar-refractivity contribution < 1.29 is 26.0 Å². The van der Waals surface area contributed by atoms with Gasteiger partial charge in [0.2, 0.25) is 15.9 Å². The Bertz CT molecular complexity index is 976. The van der Waals surface area contributed by atoms with Crippen LogP contribution in [0.1, 0.15) is 19.3 Å². The summed E-state index contributed by atoms with van der Waals surface area (Å²) in [6, 6.07) is 4.19. The molecule has 160 valence electrons. The third-order valence-electron chi connectivity index (χ3n) is 5.44. The number of hydrogen-bond donors (Lipinski definition) is 0. The lowest BCUT2D eigenvalue weighted by Gasteiger charge is -2.36. The number of rotatable bonds is 6. The van der Waals surface area contributed by atoms with Gasteiger partial charge in [-0.2, -0.15) is 4.31 Å². The fourth-order valence-corrected chi connectivity index (χ4v) is 7.19. The molecule has 2 fully saturated rings. The molecule has 0 aromatic heterocycles. The largest absolute Gasteiger partial charge is 0.335 e. The minimum atomic E-state index is -3.84. The fourth-order valence-electron chi connectivity index (χ4n) is 3.93. The van der Waals surface area contributed by atoms with E-state index in [0.29, 0.717) is 19.3 Å². The van der Waals surface area contributed by atoms with Crippen LogP contribution in [0.4, 0.5) is 4.39 Å². The van der Waals surface area contributed by atoms with Gasteiger partial charge in [-0.3, -0.25) is 4.79 Å². The summed E-state index contributed by atoms with van der Waals surface area (Å²) in [5, 5.41) is 0. The number of sulfonamides is 1. The van der Waals surface area contributed by atoms with Crippen LogP contribution in [0.5, 0.6) is 0 Å². The van der Waals surface area contributed by atoms with E-state index in [1.54, 1.807) is 6.08 Å². The van der Waals surface area contributed by atoms with Crippen LogP contribution in [0.2, 0.25) is 0 Å². The zero-order valence-corrected chi connectivity index (χ0v) is 17.7. The van der Waals surface area contributed by atoms with E-state index in [1.165, 1.54) is 21.3 Å². The molecule has 10 heteroatoms. The smallest absolute Gasteiger partial charge is 0.243 e. The topological polar surface area (TPSA) is 91.8 Å². The summed E-state index contributed by atoms with van der Waals surface area (Å²) in [5.74, 6) is -1.35. The molecule has 2 aliphatic rings. The van der Waals surface area contributed by atoms with Gasteiger partial charge in [-0.15, -0.1) is 6.58 Å². The lowest BCUT2D eigenvalue weighted by molar-refractivity contribution is -0.138. The van der Waals surface area contributed by atoms with Crippen molar-refractivity contribution in [2.75, 3.05) is 31.1 Å². The fraction of sp³-hybridized carbons (Fsp3) is 0.526. The van der Waals surface area contributed by atoms with Gasteiger partial charge in [-0.25, -0.2) is 21.2 Å². The summed E-state index contributed by atoms with van der Waals surface area (Å²) >= 11 is 0. The van der Waals surface area contributed by atoms with E-state index in [1.807, 2.05) is 0 Å². The Morgan fingerprint density at radius 1 is 1.28 bits per heavy atom. The van der Waals surface area contributed by atoms with Crippen LogP contribution in [-0.2, 0) is 24.7 Å². The van der Waals surface area contributed by atoms with Crippen LogP contribution in [0.15, 0.2) is 41.8 Å². The first kappa shape index (κ1) is 21.9. The van der Waals surface area contributed by atoms with Crippen molar-refractivity contribution in [1.29, 1.82) is 0 Å². The Balaban J connectivity index is 1.77. The molecule has 3 rings (SSSR count). The molecule has 1 aromatic rings. The zero-order chi connectivity index (χ0) is 21.2. The number of carbonyl (C=O) groups is 1. The van der Waals surface area contributed by atoms with Crippen LogP contribution in [-0.4, -0.2) is 69.1 Å². The highest BCUT2D eigenvalue weighted by Crippen LogP contribution is 2.27. The molecule has 0 aliphatic carbocycles. The first-order valence-corrected chi connectivity index (χ1v) is 12.8. The SMILES string of the molecule is C=CCN(C(=O)[C@@H]1CCCN(S(=O)(=O)c2ccc(F)cc2)C1)[C@H]1CCS(=O)(=O)C1. The summed E-state index contributed by atoms with van der Waals surface area (Å²) in [6.07, 6.45) is 2.98. The number of halogens is 1. The van der Waals surface area contributed by atoms with Crippen LogP contribution >= 0.6 is 0 Å². The molecule has 1 amide bonds. The monoisotopic (exact) mass is 444 g/mol. The average Bonchev–Trinajstić information content (AvgIpc) is 3.05. The van der Waals surface area contributed by atoms with Crippen molar-refractivity contribution in [1.82, 2.24) is 9.21 Å². The summed E-state index contributed by atoms with van der Waals surface area (Å²) in [7, 11) is -7.00. The summed E-state index contributed by atoms with van der Waals surface area (Å²) in [6.45, 7) is 4.18. The van der Waals surface area contributed by atoms with Crippen molar-refractivity contribution >= 4 is 25.8 Å². The van der Waals surface area contributed by atoms with Crippen LogP contribution in [0, 0.1) is 11.7 Å². The highest BCUT2D eigenvalue weighted by molar-refractivity contribution is 7.91. The van der Waals surface area contributed by atoms with Gasteiger partial charge in [0, 0.05) is 25.7 Å². The van der Waals surface area contributed by atoms with Gasteiger partial charge < -0.3 is 4.90 Å². The molecule has 2 heterocycles. The van der Waals surface area contributed by atoms with Crippen molar-refractivity contribution in [3.05, 3.63) is 42.7 Å². The normalized spacial score (nSPS) is 24.9. The maximum atomic E-state index is 13.2. The van der Waals surface area contributed by atoms with E-state index in [9.17, 15) is 26.0 Å². The third kappa shape index (κ3) is 4.87. The number of carbonyl (C=O) groups excluding carboxylic acids is 1. The summed E-state index contributed by atoms with van der Waals surface area (Å²) in [4.78, 5) is 14.7. The Morgan fingerprint density at radius 2 is 1.97 bits per heavy atom. The second-order valence-electron chi connectivity index (χ2n) is 7.49. The Labute approximate surface area is 171 Å². The van der Waals surface area contributed by atoms with Crippen molar-refractivity contribution in [3.8, 4) is 0 Å². The van der Waals surface area contributed by atoms with Gasteiger partial charge in [0.05, 0.1) is 22.3 Å². The van der Waals surface area contributed by atoms with E-state index in [0.717, 1.165) is 12.1 Å². The quantitative estimate of drug-likeness (QED) is 0.619. The standard InChI is InChI=1S/C19H25FN2O5S2/c1-2-10-22(17-9-12-28(24,25)14-17)19(23)15-4-3-11-21(13-15)29(26,27)18-7-5-16(20)6-8-18/h2,5-8,15,17H,1,3-4,9-14H2/t15-,17+/m1/s1. The Hall–Kier alpha value is -1.78. The molecule has 2 aliphatic heterocycles. The number of benzene rings is 1. The molecule has 29 heavy (non-hydrogen) atoms. The lowest BCUT2D eigenvalue weighted by atomic mass is 9.97. The Kier molecular flexibility index (Phi) is 6.45.